The van der Waals surface area contributed by atoms with Gasteiger partial charge in [-0.05, 0) is 42.3 Å². The second-order valence-electron chi connectivity index (χ2n) is 4.24. The highest BCUT2D eigenvalue weighted by atomic mass is 35.5. The molecule has 0 bridgehead atoms. The molecule has 0 radical (unpaired) electrons. The van der Waals surface area contributed by atoms with Crippen molar-refractivity contribution in [2.75, 3.05) is 0 Å². The molecule has 96 valence electrons. The largest absolute Gasteiger partial charge is 0.419 e. The monoisotopic (exact) mass is 274 g/mol. The van der Waals surface area contributed by atoms with Gasteiger partial charge in [0.25, 0.3) is 0 Å². The molecule has 0 aliphatic heterocycles. The van der Waals surface area contributed by atoms with Crippen molar-refractivity contribution in [1.82, 2.24) is 9.55 Å². The van der Waals surface area contributed by atoms with Crippen molar-refractivity contribution in [3.8, 4) is 0 Å². The predicted octanol–water partition coefficient (Wildman–Crippen LogP) is 2.89. The van der Waals surface area contributed by atoms with E-state index in [1.165, 1.54) is 0 Å². The number of nitrogens with zero attached hydrogens (tertiary/aromatic N) is 2. The zero-order chi connectivity index (χ0) is 13.2. The Hall–Kier alpha value is -2.07. The fourth-order valence-corrected chi connectivity index (χ4v) is 2.20. The maximum Gasteiger partial charge on any atom is 0.419 e. The summed E-state index contributed by atoms with van der Waals surface area (Å²) in [6.45, 7) is 0.552. The van der Waals surface area contributed by atoms with Crippen molar-refractivity contribution in [3.05, 3.63) is 63.9 Å². The van der Waals surface area contributed by atoms with Gasteiger partial charge in [-0.15, -0.1) is 0 Å². The average Bonchev–Trinajstić information content (AvgIpc) is 2.73. The number of hydrogen-bond acceptors (Lipinski definition) is 3. The van der Waals surface area contributed by atoms with Gasteiger partial charge in [-0.3, -0.25) is 9.55 Å². The van der Waals surface area contributed by atoms with E-state index in [-0.39, 0.29) is 5.76 Å². The first-order chi connectivity index (χ1) is 9.24. The Kier molecular flexibility index (Phi) is 3.09. The highest BCUT2D eigenvalue weighted by Gasteiger charge is 2.09. The van der Waals surface area contributed by atoms with Crippen LogP contribution in [0.1, 0.15) is 5.56 Å². The third kappa shape index (κ3) is 2.39. The van der Waals surface area contributed by atoms with Gasteiger partial charge in [0.05, 0.1) is 5.52 Å². The predicted molar refractivity (Wildman–Crippen MR) is 73.4 cm³/mol. The smallest absolute Gasteiger partial charge is 0.408 e. The lowest BCUT2D eigenvalue weighted by molar-refractivity contribution is 0.505. The van der Waals surface area contributed by atoms with Crippen LogP contribution in [-0.4, -0.2) is 9.55 Å². The summed E-state index contributed by atoms with van der Waals surface area (Å²) >= 11 is 5.95. The van der Waals surface area contributed by atoms with Crippen LogP contribution in [0.5, 0.6) is 0 Å². The fraction of sp³-hybridized carbons (Fsp3) is 0.143. The number of aromatic nitrogens is 2. The Labute approximate surface area is 114 Å². The molecule has 19 heavy (non-hydrogen) atoms. The summed E-state index contributed by atoms with van der Waals surface area (Å²) in [6, 6.07) is 9.02. The van der Waals surface area contributed by atoms with Gasteiger partial charge in [0, 0.05) is 24.0 Å². The van der Waals surface area contributed by atoms with Crippen LogP contribution in [0.25, 0.3) is 11.1 Å². The molecule has 3 rings (SSSR count). The summed E-state index contributed by atoms with van der Waals surface area (Å²) < 4.78 is 6.78. The van der Waals surface area contributed by atoms with Crippen molar-refractivity contribution in [3.63, 3.8) is 0 Å². The molecule has 0 saturated heterocycles. The maximum absolute atomic E-state index is 11.8. The van der Waals surface area contributed by atoms with E-state index in [1.54, 1.807) is 35.2 Å². The highest BCUT2D eigenvalue weighted by molar-refractivity contribution is 6.31. The van der Waals surface area contributed by atoms with E-state index in [0.29, 0.717) is 17.2 Å². The Morgan fingerprint density at radius 2 is 2.00 bits per heavy atom. The van der Waals surface area contributed by atoms with Crippen LogP contribution >= 0.6 is 11.6 Å². The van der Waals surface area contributed by atoms with Crippen molar-refractivity contribution >= 4 is 22.7 Å². The molecule has 0 N–H and O–H groups in total. The number of aryl methyl sites for hydroxylation is 2. The quantitative estimate of drug-likeness (QED) is 0.738. The molecule has 0 aliphatic carbocycles. The van der Waals surface area contributed by atoms with E-state index in [2.05, 4.69) is 4.98 Å². The molecule has 2 aromatic heterocycles. The first-order valence-corrected chi connectivity index (χ1v) is 6.29. The van der Waals surface area contributed by atoms with Crippen LogP contribution in [-0.2, 0) is 13.0 Å². The molecule has 2 heterocycles. The molecule has 0 amide bonds. The number of halogens is 1. The summed E-state index contributed by atoms with van der Waals surface area (Å²) in [5.74, 6) is -0.355. The summed E-state index contributed by atoms with van der Waals surface area (Å²) in [5.41, 5.74) is 2.41. The first kappa shape index (κ1) is 12.0. The molecular weight excluding hydrogens is 264 g/mol. The maximum atomic E-state index is 11.8. The van der Waals surface area contributed by atoms with Crippen LogP contribution in [0.2, 0.25) is 5.02 Å². The molecule has 0 saturated carbocycles. The number of fused-ring (bicyclic) bond motifs is 1. The van der Waals surface area contributed by atoms with Crippen molar-refractivity contribution in [2.24, 2.45) is 0 Å². The van der Waals surface area contributed by atoms with E-state index < -0.39 is 0 Å². The van der Waals surface area contributed by atoms with Gasteiger partial charge in [0.2, 0.25) is 0 Å². The summed E-state index contributed by atoms with van der Waals surface area (Å²) in [6.07, 6.45) is 4.22. The molecule has 4 nitrogen and oxygen atoms in total. The number of rotatable bonds is 3. The standard InChI is InChI=1S/C14H11ClN2O2/c15-11-1-2-13-12(9-11)17(14(18)19-13)8-5-10-3-6-16-7-4-10/h1-4,6-7,9H,5,8H2. The van der Waals surface area contributed by atoms with E-state index in [9.17, 15) is 4.79 Å². The first-order valence-electron chi connectivity index (χ1n) is 5.92. The Balaban J connectivity index is 1.94. The molecule has 3 aromatic rings. The number of oxazole rings is 1. The van der Waals surface area contributed by atoms with Gasteiger partial charge in [-0.2, -0.15) is 0 Å². The Morgan fingerprint density at radius 1 is 1.21 bits per heavy atom. The van der Waals surface area contributed by atoms with Crippen molar-refractivity contribution in [1.29, 1.82) is 0 Å². The van der Waals surface area contributed by atoms with Crippen LogP contribution in [0.15, 0.2) is 51.9 Å². The molecule has 0 fully saturated rings. The van der Waals surface area contributed by atoms with Gasteiger partial charge < -0.3 is 4.42 Å². The van der Waals surface area contributed by atoms with E-state index in [4.69, 9.17) is 16.0 Å². The lowest BCUT2D eigenvalue weighted by Gasteiger charge is -2.02. The minimum Gasteiger partial charge on any atom is -0.408 e. The van der Waals surface area contributed by atoms with E-state index >= 15 is 0 Å². The molecule has 0 spiro atoms. The summed E-state index contributed by atoms with van der Waals surface area (Å²) in [5, 5.41) is 0.589. The SMILES string of the molecule is O=c1oc2ccc(Cl)cc2n1CCc1ccncc1. The molecule has 0 unspecified atom stereocenters. The Bertz CT molecular complexity index is 762. The van der Waals surface area contributed by atoms with Crippen LogP contribution in [0.3, 0.4) is 0 Å². The molecule has 5 heteroatoms. The summed E-state index contributed by atoms with van der Waals surface area (Å²) in [7, 11) is 0. The van der Waals surface area contributed by atoms with E-state index in [1.807, 2.05) is 12.1 Å². The van der Waals surface area contributed by atoms with Gasteiger partial charge in [-0.25, -0.2) is 4.79 Å². The zero-order valence-corrected chi connectivity index (χ0v) is 10.8. The lowest BCUT2D eigenvalue weighted by atomic mass is 10.2. The minimum absolute atomic E-state index is 0.355. The summed E-state index contributed by atoms with van der Waals surface area (Å²) in [4.78, 5) is 15.8. The number of benzene rings is 1. The topological polar surface area (TPSA) is 48.0 Å². The van der Waals surface area contributed by atoms with Gasteiger partial charge in [0.15, 0.2) is 5.58 Å². The third-order valence-corrected chi connectivity index (χ3v) is 3.24. The second-order valence-corrected chi connectivity index (χ2v) is 4.67. The van der Waals surface area contributed by atoms with Gasteiger partial charge in [-0.1, -0.05) is 11.6 Å². The van der Waals surface area contributed by atoms with Crippen molar-refractivity contribution in [2.45, 2.75) is 13.0 Å². The van der Waals surface area contributed by atoms with Crippen molar-refractivity contribution < 1.29 is 4.42 Å². The normalized spacial score (nSPS) is 11.0. The second kappa shape index (κ2) is 4.90. The van der Waals surface area contributed by atoms with Crippen LogP contribution in [0.4, 0.5) is 0 Å². The minimum atomic E-state index is -0.355. The fourth-order valence-electron chi connectivity index (χ4n) is 2.04. The molecule has 0 aliphatic rings. The lowest BCUT2D eigenvalue weighted by Crippen LogP contribution is -2.15. The Morgan fingerprint density at radius 3 is 2.79 bits per heavy atom. The van der Waals surface area contributed by atoms with Gasteiger partial charge in [0.1, 0.15) is 0 Å². The number of pyridine rings is 1. The highest BCUT2D eigenvalue weighted by Crippen LogP contribution is 2.18. The number of hydrogen-bond donors (Lipinski definition) is 0. The van der Waals surface area contributed by atoms with E-state index in [0.717, 1.165) is 17.5 Å². The zero-order valence-electron chi connectivity index (χ0n) is 10.0. The van der Waals surface area contributed by atoms with Crippen LogP contribution < -0.4 is 5.76 Å². The average molecular weight is 275 g/mol. The van der Waals surface area contributed by atoms with Crippen LogP contribution in [0, 0.1) is 0 Å². The molecule has 0 atom stereocenters. The molecule has 1 aromatic carbocycles. The third-order valence-electron chi connectivity index (χ3n) is 3.00. The molecular formula is C14H11ClN2O2. The van der Waals surface area contributed by atoms with Gasteiger partial charge >= 0.3 is 5.76 Å².